The summed E-state index contributed by atoms with van der Waals surface area (Å²) in [5.41, 5.74) is 4.76. The van der Waals surface area contributed by atoms with Crippen LogP contribution in [0, 0.1) is 5.92 Å². The molecule has 5 rings (SSSR count). The quantitative estimate of drug-likeness (QED) is 0.436. The molecule has 2 aromatic carbocycles. The van der Waals surface area contributed by atoms with Gasteiger partial charge in [0.2, 0.25) is 0 Å². The summed E-state index contributed by atoms with van der Waals surface area (Å²) in [6.45, 7) is 5.86. The lowest BCUT2D eigenvalue weighted by atomic mass is 9.95. The van der Waals surface area contributed by atoms with Crippen LogP contribution >= 0.6 is 0 Å². The smallest absolute Gasteiger partial charge is 0.404 e. The topological polar surface area (TPSA) is 102 Å². The van der Waals surface area contributed by atoms with E-state index < -0.39 is 6.09 Å². The van der Waals surface area contributed by atoms with Crippen molar-refractivity contribution < 1.29 is 14.7 Å². The van der Waals surface area contributed by atoms with Crippen LogP contribution in [0.15, 0.2) is 42.5 Å². The predicted octanol–water partition coefficient (Wildman–Crippen LogP) is 5.06. The van der Waals surface area contributed by atoms with E-state index in [2.05, 4.69) is 30.2 Å². The summed E-state index contributed by atoms with van der Waals surface area (Å²) in [6.07, 6.45) is 2.01. The van der Waals surface area contributed by atoms with E-state index in [4.69, 9.17) is 10.1 Å². The molecular formula is C26H31N5O3. The number of anilines is 1. The van der Waals surface area contributed by atoms with E-state index >= 15 is 0 Å². The number of H-pyrrole nitrogens is 1. The molecule has 8 nitrogen and oxygen atoms in total. The molecule has 1 atom stereocenters. The minimum absolute atomic E-state index is 0.0455. The molecule has 34 heavy (non-hydrogen) atoms. The first-order valence-electron chi connectivity index (χ1n) is 12.0. The van der Waals surface area contributed by atoms with Gasteiger partial charge in [0.05, 0.1) is 16.7 Å². The van der Waals surface area contributed by atoms with Crippen LogP contribution < -0.4 is 10.2 Å². The fraction of sp³-hybridized carbons (Fsp3) is 0.423. The number of aromatic amines is 1. The molecule has 0 spiro atoms. The van der Waals surface area contributed by atoms with E-state index in [1.54, 1.807) is 0 Å². The van der Waals surface area contributed by atoms with Gasteiger partial charge >= 0.3 is 12.1 Å². The fourth-order valence-corrected chi connectivity index (χ4v) is 4.88. The molecule has 2 aliphatic rings. The summed E-state index contributed by atoms with van der Waals surface area (Å²) in [5, 5.41) is 11.3. The summed E-state index contributed by atoms with van der Waals surface area (Å²) < 4.78 is 0. The predicted molar refractivity (Wildman–Crippen MR) is 131 cm³/mol. The lowest BCUT2D eigenvalue weighted by Crippen LogP contribution is -2.49. The second-order valence-electron chi connectivity index (χ2n) is 9.84. The van der Waals surface area contributed by atoms with Gasteiger partial charge in [-0.2, -0.15) is 0 Å². The highest BCUT2D eigenvalue weighted by Crippen LogP contribution is 2.38. The molecule has 1 aliphatic carbocycles. The van der Waals surface area contributed by atoms with Gasteiger partial charge in [-0.05, 0) is 54.5 Å². The monoisotopic (exact) mass is 461 g/mol. The molecule has 2 heterocycles. The van der Waals surface area contributed by atoms with Crippen LogP contribution in [0.25, 0.3) is 11.0 Å². The van der Waals surface area contributed by atoms with Gasteiger partial charge in [-0.25, -0.2) is 14.6 Å². The van der Waals surface area contributed by atoms with Crippen molar-refractivity contribution in [1.82, 2.24) is 20.2 Å². The number of carboxylic acid groups (broad SMARTS) is 1. The fourth-order valence-electron chi connectivity index (χ4n) is 4.88. The van der Waals surface area contributed by atoms with Gasteiger partial charge in [0.15, 0.2) is 0 Å². The number of nitrogens with one attached hydrogen (secondary N) is 2. The molecule has 1 fully saturated rings. The lowest BCUT2D eigenvalue weighted by molar-refractivity contribution is 0.193. The number of carbonyl (C=O) groups excluding carboxylic acids is 1. The number of rotatable bonds is 8. The van der Waals surface area contributed by atoms with Gasteiger partial charge in [-0.3, -0.25) is 4.90 Å². The zero-order valence-corrected chi connectivity index (χ0v) is 19.6. The van der Waals surface area contributed by atoms with E-state index in [0.29, 0.717) is 25.0 Å². The number of carbonyl (C=O) groups is 2. The second kappa shape index (κ2) is 9.00. The molecule has 0 bridgehead atoms. The molecule has 3 amide bonds. The Hall–Kier alpha value is -3.55. The highest BCUT2D eigenvalue weighted by atomic mass is 16.4. The Bertz CT molecular complexity index is 1220. The maximum absolute atomic E-state index is 13.5. The Morgan fingerprint density at radius 3 is 2.76 bits per heavy atom. The molecule has 0 radical (unpaired) electrons. The number of aromatic nitrogens is 2. The number of amides is 3. The van der Waals surface area contributed by atoms with Crippen LogP contribution in [0.2, 0.25) is 0 Å². The van der Waals surface area contributed by atoms with E-state index in [1.807, 2.05) is 46.2 Å². The third kappa shape index (κ3) is 4.58. The van der Waals surface area contributed by atoms with E-state index in [0.717, 1.165) is 47.4 Å². The summed E-state index contributed by atoms with van der Waals surface area (Å²) in [6, 6.07) is 14.4. The second-order valence-corrected chi connectivity index (χ2v) is 9.84. The largest absolute Gasteiger partial charge is 0.465 e. The van der Waals surface area contributed by atoms with Gasteiger partial charge < -0.3 is 20.3 Å². The van der Waals surface area contributed by atoms with Crippen LogP contribution in [0.1, 0.15) is 56.0 Å². The Kier molecular flexibility index (Phi) is 5.89. The number of nitrogens with zero attached hydrogens (tertiary/aromatic N) is 3. The number of hydrogen-bond donors (Lipinski definition) is 3. The summed E-state index contributed by atoms with van der Waals surface area (Å²) in [4.78, 5) is 36.7. The number of benzene rings is 2. The Morgan fingerprint density at radius 1 is 1.24 bits per heavy atom. The van der Waals surface area contributed by atoms with Crippen molar-refractivity contribution in [2.75, 3.05) is 11.4 Å². The summed E-state index contributed by atoms with van der Waals surface area (Å²) >= 11 is 0. The minimum Gasteiger partial charge on any atom is -0.465 e. The first-order chi connectivity index (χ1) is 16.4. The summed E-state index contributed by atoms with van der Waals surface area (Å²) in [7, 11) is 0. The number of imidazole rings is 1. The first-order valence-corrected chi connectivity index (χ1v) is 12.0. The summed E-state index contributed by atoms with van der Waals surface area (Å²) in [5.74, 6) is 1.34. The zero-order valence-electron chi connectivity index (χ0n) is 19.6. The van der Waals surface area contributed by atoms with E-state index in [-0.39, 0.29) is 18.5 Å². The lowest BCUT2D eigenvalue weighted by Gasteiger charge is -2.39. The number of fused-ring (bicyclic) bond motifs is 2. The molecule has 1 saturated carbocycles. The molecule has 8 heteroatoms. The average molecular weight is 462 g/mol. The van der Waals surface area contributed by atoms with Crippen molar-refractivity contribution in [3.63, 3.8) is 0 Å². The molecule has 3 aromatic rings. The van der Waals surface area contributed by atoms with Crippen molar-refractivity contribution in [2.45, 2.75) is 58.2 Å². The van der Waals surface area contributed by atoms with Gasteiger partial charge in [0.25, 0.3) is 0 Å². The highest BCUT2D eigenvalue weighted by molar-refractivity contribution is 5.95. The van der Waals surface area contributed by atoms with Crippen LogP contribution in [0.3, 0.4) is 0 Å². The minimum atomic E-state index is -1.05. The molecular weight excluding hydrogens is 430 g/mol. The van der Waals surface area contributed by atoms with Gasteiger partial charge in [-0.15, -0.1) is 0 Å². The molecule has 178 valence electrons. The van der Waals surface area contributed by atoms with Crippen molar-refractivity contribution >= 4 is 28.8 Å². The Balaban J connectivity index is 1.45. The third-order valence-electron chi connectivity index (χ3n) is 6.64. The standard InChI is InChI=1S/C26H31N5O3/c1-16(2)11-19(24-28-21-10-7-17(12-22(21)29-24)13-27-25(32)33)15-31-23-6-4-3-5-18(23)14-30(26(31)34)20-8-9-20/h3-7,10,12,16,19-20,27H,8-9,11,13-15H2,1-2H3,(H,28,29)(H,32,33). The molecule has 1 aliphatic heterocycles. The van der Waals surface area contributed by atoms with Crippen LogP contribution in [0.4, 0.5) is 15.3 Å². The van der Waals surface area contributed by atoms with Crippen LogP contribution in [-0.4, -0.2) is 44.7 Å². The number of urea groups is 1. The number of hydrogen-bond acceptors (Lipinski definition) is 3. The third-order valence-corrected chi connectivity index (χ3v) is 6.64. The van der Waals surface area contributed by atoms with Gasteiger partial charge in [-0.1, -0.05) is 38.1 Å². The van der Waals surface area contributed by atoms with Gasteiger partial charge in [0, 0.05) is 31.6 Å². The SMILES string of the molecule is CC(C)CC(CN1C(=O)N(C2CC2)Cc2ccccc21)c1nc2cc(CNC(=O)O)ccc2[nH]1. The van der Waals surface area contributed by atoms with Gasteiger partial charge in [0.1, 0.15) is 5.82 Å². The van der Waals surface area contributed by atoms with E-state index in [1.165, 1.54) is 5.56 Å². The van der Waals surface area contributed by atoms with Crippen molar-refractivity contribution in [3.05, 3.63) is 59.4 Å². The van der Waals surface area contributed by atoms with Crippen LogP contribution in [0.5, 0.6) is 0 Å². The Morgan fingerprint density at radius 2 is 2.03 bits per heavy atom. The molecule has 0 saturated heterocycles. The highest BCUT2D eigenvalue weighted by Gasteiger charge is 2.40. The normalized spacial score (nSPS) is 16.7. The zero-order chi connectivity index (χ0) is 23.8. The average Bonchev–Trinajstić information content (AvgIpc) is 3.56. The van der Waals surface area contributed by atoms with Crippen LogP contribution in [-0.2, 0) is 13.1 Å². The van der Waals surface area contributed by atoms with E-state index in [9.17, 15) is 9.59 Å². The molecule has 1 aromatic heterocycles. The first kappa shape index (κ1) is 22.3. The molecule has 3 N–H and O–H groups in total. The van der Waals surface area contributed by atoms with Crippen molar-refractivity contribution in [3.8, 4) is 0 Å². The maximum Gasteiger partial charge on any atom is 0.404 e. The van der Waals surface area contributed by atoms with Crippen molar-refractivity contribution in [1.29, 1.82) is 0 Å². The van der Waals surface area contributed by atoms with Crippen molar-refractivity contribution in [2.24, 2.45) is 5.92 Å². The number of para-hydroxylation sites is 1. The molecule has 1 unspecified atom stereocenters. The Labute approximate surface area is 199 Å². The maximum atomic E-state index is 13.5.